The predicted octanol–water partition coefficient (Wildman–Crippen LogP) is 0.413. The molecular formula is C13H29N3O3. The lowest BCUT2D eigenvalue weighted by Crippen LogP contribution is -2.47. The van der Waals surface area contributed by atoms with Crippen LogP contribution in [-0.4, -0.2) is 67.6 Å². The summed E-state index contributed by atoms with van der Waals surface area (Å²) in [5.41, 5.74) is -1.26. The maximum atomic E-state index is 11.3. The summed E-state index contributed by atoms with van der Waals surface area (Å²) in [6.07, 6.45) is -0.422. The third kappa shape index (κ3) is 11.9. The molecule has 0 fully saturated rings. The standard InChI is InChI=1S/C13H29N3O3/c1-12(2,3)19-11(17)15-8-7-14-9-13(4,18)10-16(5)6/h14,18H,7-10H2,1-6H3,(H,15,17). The van der Waals surface area contributed by atoms with Crippen LogP contribution >= 0.6 is 0 Å². The van der Waals surface area contributed by atoms with Gasteiger partial charge in [0.15, 0.2) is 0 Å². The van der Waals surface area contributed by atoms with Gasteiger partial charge < -0.3 is 25.4 Å². The molecule has 0 aromatic heterocycles. The normalized spacial score (nSPS) is 15.2. The average molecular weight is 275 g/mol. The number of carbonyl (C=O) groups is 1. The molecule has 0 aliphatic heterocycles. The van der Waals surface area contributed by atoms with Gasteiger partial charge in [-0.1, -0.05) is 0 Å². The molecule has 0 aromatic carbocycles. The van der Waals surface area contributed by atoms with Gasteiger partial charge >= 0.3 is 6.09 Å². The zero-order valence-electron chi connectivity index (χ0n) is 13.0. The Balaban J connectivity index is 3.68. The SMILES string of the molecule is CN(C)CC(C)(O)CNCCNC(=O)OC(C)(C)C. The molecule has 114 valence electrons. The number of nitrogens with zero attached hydrogens (tertiary/aromatic N) is 1. The van der Waals surface area contributed by atoms with Gasteiger partial charge in [-0.2, -0.15) is 0 Å². The lowest BCUT2D eigenvalue weighted by molar-refractivity contribution is 0.0339. The number of rotatable bonds is 7. The quantitative estimate of drug-likeness (QED) is 0.587. The summed E-state index contributed by atoms with van der Waals surface area (Å²) in [6.45, 7) is 9.35. The molecule has 0 bridgehead atoms. The Bertz CT molecular complexity index is 273. The molecule has 1 amide bonds. The van der Waals surface area contributed by atoms with Crippen molar-refractivity contribution in [1.29, 1.82) is 0 Å². The van der Waals surface area contributed by atoms with Crippen molar-refractivity contribution in [3.05, 3.63) is 0 Å². The van der Waals surface area contributed by atoms with Crippen molar-refractivity contribution in [3.63, 3.8) is 0 Å². The first-order valence-electron chi connectivity index (χ1n) is 6.56. The van der Waals surface area contributed by atoms with Crippen molar-refractivity contribution in [2.75, 3.05) is 40.3 Å². The number of amides is 1. The van der Waals surface area contributed by atoms with Gasteiger partial charge in [-0.25, -0.2) is 4.79 Å². The Morgan fingerprint density at radius 3 is 2.26 bits per heavy atom. The first-order chi connectivity index (χ1) is 8.52. The van der Waals surface area contributed by atoms with E-state index in [2.05, 4.69) is 10.6 Å². The highest BCUT2D eigenvalue weighted by molar-refractivity contribution is 5.67. The first kappa shape index (κ1) is 18.1. The van der Waals surface area contributed by atoms with E-state index < -0.39 is 17.3 Å². The number of carbonyl (C=O) groups excluding carboxylic acids is 1. The highest BCUT2D eigenvalue weighted by atomic mass is 16.6. The second kappa shape index (κ2) is 7.67. The lowest BCUT2D eigenvalue weighted by atomic mass is 10.1. The van der Waals surface area contributed by atoms with Gasteiger partial charge in [0.2, 0.25) is 0 Å². The number of ether oxygens (including phenoxy) is 1. The van der Waals surface area contributed by atoms with Crippen LogP contribution in [0.5, 0.6) is 0 Å². The van der Waals surface area contributed by atoms with Crippen LogP contribution in [0.2, 0.25) is 0 Å². The summed E-state index contributed by atoms with van der Waals surface area (Å²) < 4.78 is 5.10. The molecule has 6 nitrogen and oxygen atoms in total. The topological polar surface area (TPSA) is 73.8 Å². The summed E-state index contributed by atoms with van der Waals surface area (Å²) >= 11 is 0. The maximum Gasteiger partial charge on any atom is 0.407 e. The smallest absolute Gasteiger partial charge is 0.407 e. The van der Waals surface area contributed by atoms with Crippen molar-refractivity contribution in [2.24, 2.45) is 0 Å². The van der Waals surface area contributed by atoms with Crippen molar-refractivity contribution < 1.29 is 14.6 Å². The second-order valence-electron chi connectivity index (χ2n) is 6.34. The van der Waals surface area contributed by atoms with E-state index in [1.165, 1.54) is 0 Å². The second-order valence-corrected chi connectivity index (χ2v) is 6.34. The van der Waals surface area contributed by atoms with Gasteiger partial charge in [0.25, 0.3) is 0 Å². The molecule has 1 unspecified atom stereocenters. The van der Waals surface area contributed by atoms with Gasteiger partial charge in [-0.3, -0.25) is 0 Å². The van der Waals surface area contributed by atoms with E-state index in [0.29, 0.717) is 26.2 Å². The minimum Gasteiger partial charge on any atom is -0.444 e. The van der Waals surface area contributed by atoms with Crippen LogP contribution in [-0.2, 0) is 4.74 Å². The highest BCUT2D eigenvalue weighted by Gasteiger charge is 2.20. The van der Waals surface area contributed by atoms with Crippen molar-refractivity contribution in [1.82, 2.24) is 15.5 Å². The van der Waals surface area contributed by atoms with Gasteiger partial charge in [-0.15, -0.1) is 0 Å². The molecule has 0 aliphatic carbocycles. The predicted molar refractivity (Wildman–Crippen MR) is 76.3 cm³/mol. The number of nitrogens with one attached hydrogen (secondary N) is 2. The van der Waals surface area contributed by atoms with E-state index in [4.69, 9.17) is 4.74 Å². The third-order valence-electron chi connectivity index (χ3n) is 2.13. The van der Waals surface area contributed by atoms with E-state index in [-0.39, 0.29) is 0 Å². The number of aliphatic hydroxyl groups is 1. The van der Waals surface area contributed by atoms with E-state index in [9.17, 15) is 9.90 Å². The number of hydrogen-bond donors (Lipinski definition) is 3. The fourth-order valence-corrected chi connectivity index (χ4v) is 1.66. The van der Waals surface area contributed by atoms with Gasteiger partial charge in [0, 0.05) is 26.2 Å². The molecule has 3 N–H and O–H groups in total. The summed E-state index contributed by atoms with van der Waals surface area (Å²) in [6, 6.07) is 0. The van der Waals surface area contributed by atoms with Crippen molar-refractivity contribution in [2.45, 2.75) is 38.9 Å². The molecule has 0 saturated carbocycles. The van der Waals surface area contributed by atoms with Crippen LogP contribution < -0.4 is 10.6 Å². The molecule has 19 heavy (non-hydrogen) atoms. The van der Waals surface area contributed by atoms with Crippen molar-refractivity contribution >= 4 is 6.09 Å². The molecule has 0 rings (SSSR count). The zero-order chi connectivity index (χ0) is 15.1. The minimum atomic E-state index is -0.782. The van der Waals surface area contributed by atoms with Crippen molar-refractivity contribution in [3.8, 4) is 0 Å². The molecule has 0 aliphatic rings. The highest BCUT2D eigenvalue weighted by Crippen LogP contribution is 2.06. The van der Waals surface area contributed by atoms with Gasteiger partial charge in [0.1, 0.15) is 5.60 Å². The Morgan fingerprint density at radius 2 is 1.79 bits per heavy atom. The summed E-state index contributed by atoms with van der Waals surface area (Å²) in [7, 11) is 3.83. The molecule has 0 radical (unpaired) electrons. The Hall–Kier alpha value is -0.850. The zero-order valence-corrected chi connectivity index (χ0v) is 13.0. The molecule has 0 heterocycles. The van der Waals surface area contributed by atoms with E-state index in [1.807, 2.05) is 39.8 Å². The third-order valence-corrected chi connectivity index (χ3v) is 2.13. The molecule has 6 heteroatoms. The largest absolute Gasteiger partial charge is 0.444 e. The Morgan fingerprint density at radius 1 is 1.21 bits per heavy atom. The van der Waals surface area contributed by atoms with Crippen LogP contribution in [0, 0.1) is 0 Å². The molecule has 0 aromatic rings. The average Bonchev–Trinajstić information content (AvgIpc) is 2.11. The van der Waals surface area contributed by atoms with Crippen LogP contribution in [0.4, 0.5) is 4.79 Å². The monoisotopic (exact) mass is 275 g/mol. The first-order valence-corrected chi connectivity index (χ1v) is 6.56. The number of likely N-dealkylation sites (N-methyl/N-ethyl adjacent to an activating group) is 1. The molecule has 0 spiro atoms. The van der Waals surface area contributed by atoms with Gasteiger partial charge in [0.05, 0.1) is 5.60 Å². The van der Waals surface area contributed by atoms with Crippen LogP contribution in [0.15, 0.2) is 0 Å². The van der Waals surface area contributed by atoms with E-state index in [0.717, 1.165) is 0 Å². The molecular weight excluding hydrogens is 246 g/mol. The van der Waals surface area contributed by atoms with Crippen LogP contribution in [0.1, 0.15) is 27.7 Å². The summed E-state index contributed by atoms with van der Waals surface area (Å²) in [5.74, 6) is 0. The van der Waals surface area contributed by atoms with Gasteiger partial charge in [-0.05, 0) is 41.8 Å². The van der Waals surface area contributed by atoms with Crippen LogP contribution in [0.3, 0.4) is 0 Å². The fourth-order valence-electron chi connectivity index (χ4n) is 1.66. The lowest BCUT2D eigenvalue weighted by Gasteiger charge is -2.27. The fraction of sp³-hybridized carbons (Fsp3) is 0.923. The molecule has 0 saturated heterocycles. The molecule has 1 atom stereocenters. The summed E-state index contributed by atoms with van der Waals surface area (Å²) in [4.78, 5) is 13.3. The number of alkyl carbamates (subject to hydrolysis) is 1. The Labute approximate surface area is 116 Å². The van der Waals surface area contributed by atoms with E-state index >= 15 is 0 Å². The summed E-state index contributed by atoms with van der Waals surface area (Å²) in [5, 5.41) is 15.8. The maximum absolute atomic E-state index is 11.3. The Kier molecular flexibility index (Phi) is 7.33. The van der Waals surface area contributed by atoms with Crippen LogP contribution in [0.25, 0.3) is 0 Å². The van der Waals surface area contributed by atoms with E-state index in [1.54, 1.807) is 6.92 Å². The number of hydrogen-bond acceptors (Lipinski definition) is 5. The minimum absolute atomic E-state index is 0.422.